The second-order valence-electron chi connectivity index (χ2n) is 8.13. The highest BCUT2D eigenvalue weighted by Gasteiger charge is 2.57. The van der Waals surface area contributed by atoms with E-state index in [1.54, 1.807) is 18.2 Å². The van der Waals surface area contributed by atoms with Gasteiger partial charge >= 0.3 is 6.09 Å². The van der Waals surface area contributed by atoms with Crippen LogP contribution in [0.25, 0.3) is 11.0 Å². The first-order valence-electron chi connectivity index (χ1n) is 9.25. The van der Waals surface area contributed by atoms with E-state index in [0.717, 1.165) is 0 Å². The highest BCUT2D eigenvalue weighted by molar-refractivity contribution is 6.13. The molecule has 0 aliphatic carbocycles. The number of ether oxygens (including phenoxy) is 1. The number of carbonyl (C=O) groups is 3. The molecule has 9 nitrogen and oxygen atoms in total. The number of carbonyl (C=O) groups excluding carboxylic acids is 2. The van der Waals surface area contributed by atoms with Crippen LogP contribution in [0.2, 0.25) is 0 Å². The first kappa shape index (κ1) is 20.5. The third-order valence-electron chi connectivity index (χ3n) is 5.59. The predicted molar refractivity (Wildman–Crippen MR) is 106 cm³/mol. The molecule has 1 atom stereocenters. The number of likely N-dealkylation sites (tertiary alicyclic amines) is 1. The van der Waals surface area contributed by atoms with Crippen molar-refractivity contribution >= 4 is 34.6 Å². The predicted octanol–water partition coefficient (Wildman–Crippen LogP) is 3.04. The number of hydrogen-bond acceptors (Lipinski definition) is 5. The van der Waals surface area contributed by atoms with E-state index in [1.165, 1.54) is 12.0 Å². The van der Waals surface area contributed by atoms with Crippen LogP contribution < -0.4 is 15.8 Å². The number of methoxy groups -OCH3 is 1. The van der Waals surface area contributed by atoms with Crippen LogP contribution in [0.5, 0.6) is 5.75 Å². The summed E-state index contributed by atoms with van der Waals surface area (Å²) in [7, 11) is 1.49. The van der Waals surface area contributed by atoms with Crippen LogP contribution in [0.3, 0.4) is 0 Å². The fourth-order valence-corrected chi connectivity index (χ4v) is 4.15. The van der Waals surface area contributed by atoms with Crippen molar-refractivity contribution in [3.05, 3.63) is 24.0 Å². The molecule has 29 heavy (non-hydrogen) atoms. The lowest BCUT2D eigenvalue weighted by atomic mass is 9.71. The molecule has 0 spiro atoms. The maximum Gasteiger partial charge on any atom is 0.408 e. The quantitative estimate of drug-likeness (QED) is 0.718. The van der Waals surface area contributed by atoms with E-state index in [1.807, 2.05) is 20.8 Å². The van der Waals surface area contributed by atoms with E-state index < -0.39 is 28.9 Å². The minimum atomic E-state index is -1.31. The summed E-state index contributed by atoms with van der Waals surface area (Å²) in [6.07, 6.45) is -0.249. The summed E-state index contributed by atoms with van der Waals surface area (Å²) in [5, 5.41) is 12.9. The molecule has 0 radical (unpaired) electrons. The Morgan fingerprint density at radius 2 is 2.00 bits per heavy atom. The van der Waals surface area contributed by atoms with Gasteiger partial charge in [-0.15, -0.1) is 0 Å². The van der Waals surface area contributed by atoms with Crippen molar-refractivity contribution in [2.45, 2.75) is 39.2 Å². The second-order valence-corrected chi connectivity index (χ2v) is 8.13. The fourth-order valence-electron chi connectivity index (χ4n) is 4.15. The first-order valence-corrected chi connectivity index (χ1v) is 9.25. The van der Waals surface area contributed by atoms with Gasteiger partial charge in [0, 0.05) is 11.9 Å². The third kappa shape index (κ3) is 3.16. The molecule has 2 aromatic rings. The number of rotatable bonds is 4. The van der Waals surface area contributed by atoms with Crippen molar-refractivity contribution in [3.63, 3.8) is 0 Å². The lowest BCUT2D eigenvalue weighted by molar-refractivity contribution is -0.131. The van der Waals surface area contributed by atoms with Gasteiger partial charge in [0.15, 0.2) is 0 Å². The smallest absolute Gasteiger partial charge is 0.408 e. The van der Waals surface area contributed by atoms with Gasteiger partial charge in [0.2, 0.25) is 5.76 Å². The van der Waals surface area contributed by atoms with Gasteiger partial charge in [-0.05, 0) is 36.5 Å². The van der Waals surface area contributed by atoms with Crippen LogP contribution in [0, 0.1) is 5.41 Å². The van der Waals surface area contributed by atoms with Crippen LogP contribution >= 0.6 is 0 Å². The normalized spacial score (nSPS) is 19.4. The molecule has 1 aliphatic rings. The number of amides is 3. The molecule has 2 heterocycles. The molecular weight excluding hydrogens is 378 g/mol. The standard InChI is InChI=1S/C20H25N3O6/c1-19(2,3)20(8-5-9-23(20)18(26)27)17(25)22-14-12-10-11(28-4)6-7-13(12)29-15(14)16(21)24/h6-7,10H,5,8-9H2,1-4H3,(H2,21,24)(H,22,25)(H,26,27)/t20-/m0/s1. The topological polar surface area (TPSA) is 135 Å². The number of nitrogens with zero attached hydrogens (tertiary/aromatic N) is 1. The van der Waals surface area contributed by atoms with Crippen LogP contribution in [0.4, 0.5) is 10.5 Å². The van der Waals surface area contributed by atoms with Gasteiger partial charge in [-0.3, -0.25) is 14.5 Å². The van der Waals surface area contributed by atoms with Crippen molar-refractivity contribution in [1.29, 1.82) is 0 Å². The Morgan fingerprint density at radius 3 is 2.55 bits per heavy atom. The van der Waals surface area contributed by atoms with Crippen LogP contribution in [0.15, 0.2) is 22.6 Å². The summed E-state index contributed by atoms with van der Waals surface area (Å²) in [5.74, 6) is -1.08. The Bertz CT molecular complexity index is 990. The largest absolute Gasteiger partial charge is 0.497 e. The SMILES string of the molecule is COc1ccc2oc(C(N)=O)c(NC(=O)[C@]3(C(C)(C)C)CCCN3C(=O)O)c2c1. The molecule has 0 bridgehead atoms. The molecular formula is C20H25N3O6. The molecule has 3 amide bonds. The molecule has 4 N–H and O–H groups in total. The number of carboxylic acid groups (broad SMARTS) is 1. The molecule has 1 saturated heterocycles. The van der Waals surface area contributed by atoms with Crippen LogP contribution in [-0.4, -0.2) is 47.1 Å². The van der Waals surface area contributed by atoms with Gasteiger partial charge in [-0.2, -0.15) is 0 Å². The number of hydrogen-bond donors (Lipinski definition) is 3. The minimum absolute atomic E-state index is 0.109. The van der Waals surface area contributed by atoms with Gasteiger partial charge < -0.3 is 25.3 Å². The van der Waals surface area contributed by atoms with Crippen molar-refractivity contribution in [2.75, 3.05) is 19.0 Å². The molecule has 1 aliphatic heterocycles. The fraction of sp³-hybridized carbons (Fsp3) is 0.450. The van der Waals surface area contributed by atoms with Crippen LogP contribution in [-0.2, 0) is 4.79 Å². The van der Waals surface area contributed by atoms with Crippen LogP contribution in [0.1, 0.15) is 44.2 Å². The number of furan rings is 1. The monoisotopic (exact) mass is 403 g/mol. The third-order valence-corrected chi connectivity index (χ3v) is 5.59. The van der Waals surface area contributed by atoms with Gasteiger partial charge in [-0.1, -0.05) is 20.8 Å². The zero-order valence-electron chi connectivity index (χ0n) is 16.9. The first-order chi connectivity index (χ1) is 13.5. The number of benzene rings is 1. The van der Waals surface area contributed by atoms with Gasteiger partial charge in [0.25, 0.3) is 11.8 Å². The molecule has 1 aromatic heterocycles. The molecule has 1 fully saturated rings. The zero-order valence-corrected chi connectivity index (χ0v) is 16.9. The van der Waals surface area contributed by atoms with E-state index in [-0.39, 0.29) is 18.0 Å². The number of nitrogens with one attached hydrogen (secondary N) is 1. The summed E-state index contributed by atoms with van der Waals surface area (Å²) >= 11 is 0. The Morgan fingerprint density at radius 1 is 1.31 bits per heavy atom. The van der Waals surface area contributed by atoms with E-state index in [0.29, 0.717) is 29.6 Å². The Labute approximate surface area is 167 Å². The molecule has 1 aromatic carbocycles. The highest BCUT2D eigenvalue weighted by atomic mass is 16.5. The summed E-state index contributed by atoms with van der Waals surface area (Å²) in [5.41, 5.74) is 3.90. The van der Waals surface area contributed by atoms with Crippen molar-refractivity contribution in [1.82, 2.24) is 4.90 Å². The number of nitrogens with two attached hydrogens (primary N) is 1. The van der Waals surface area contributed by atoms with Crippen molar-refractivity contribution < 1.29 is 28.6 Å². The Kier molecular flexibility index (Phi) is 4.94. The van der Waals surface area contributed by atoms with E-state index in [2.05, 4.69) is 5.32 Å². The van der Waals surface area contributed by atoms with Crippen molar-refractivity contribution in [2.24, 2.45) is 11.1 Å². The van der Waals surface area contributed by atoms with Gasteiger partial charge in [0.1, 0.15) is 22.6 Å². The molecule has 9 heteroatoms. The van der Waals surface area contributed by atoms with Gasteiger partial charge in [0.05, 0.1) is 7.11 Å². The molecule has 3 rings (SSSR count). The average Bonchev–Trinajstić information content (AvgIpc) is 3.24. The molecule has 0 unspecified atom stereocenters. The maximum absolute atomic E-state index is 13.5. The molecule has 0 saturated carbocycles. The number of anilines is 1. The lowest BCUT2D eigenvalue weighted by Crippen LogP contribution is -2.62. The average molecular weight is 403 g/mol. The Balaban J connectivity index is 2.14. The minimum Gasteiger partial charge on any atom is -0.497 e. The summed E-state index contributed by atoms with van der Waals surface area (Å²) in [6, 6.07) is 4.88. The van der Waals surface area contributed by atoms with E-state index in [9.17, 15) is 19.5 Å². The highest BCUT2D eigenvalue weighted by Crippen LogP contribution is 2.45. The summed E-state index contributed by atoms with van der Waals surface area (Å²) < 4.78 is 10.8. The number of primary amides is 1. The van der Waals surface area contributed by atoms with Gasteiger partial charge in [-0.25, -0.2) is 4.79 Å². The molecule has 156 valence electrons. The summed E-state index contributed by atoms with van der Waals surface area (Å²) in [4.78, 5) is 38.5. The zero-order chi connectivity index (χ0) is 21.6. The van der Waals surface area contributed by atoms with E-state index >= 15 is 0 Å². The van der Waals surface area contributed by atoms with E-state index in [4.69, 9.17) is 14.9 Å². The second kappa shape index (κ2) is 6.98. The number of fused-ring (bicyclic) bond motifs is 1. The lowest BCUT2D eigenvalue weighted by Gasteiger charge is -2.45. The maximum atomic E-state index is 13.5. The Hall–Kier alpha value is -3.23. The van der Waals surface area contributed by atoms with Crippen molar-refractivity contribution in [3.8, 4) is 5.75 Å². The summed E-state index contributed by atoms with van der Waals surface area (Å²) in [6.45, 7) is 5.71.